The quantitative estimate of drug-likeness (QED) is 0.864. The zero-order valence-corrected chi connectivity index (χ0v) is 14.3. The lowest BCUT2D eigenvalue weighted by atomic mass is 10.0. The topological polar surface area (TPSA) is 29.9 Å². The second-order valence-electron chi connectivity index (χ2n) is 4.83. The molecule has 108 valence electrons. The average Bonchev–Trinajstić information content (AvgIpc) is 2.77. The van der Waals surface area contributed by atoms with E-state index < -0.39 is 0 Å². The fourth-order valence-electron chi connectivity index (χ4n) is 2.30. The minimum absolute atomic E-state index is 0.0662. The van der Waals surface area contributed by atoms with Crippen molar-refractivity contribution in [1.82, 2.24) is 15.1 Å². The Labute approximate surface area is 133 Å². The molecule has 0 saturated heterocycles. The first-order chi connectivity index (χ1) is 9.58. The van der Waals surface area contributed by atoms with Gasteiger partial charge in [-0.25, -0.2) is 0 Å². The smallest absolute Gasteiger partial charge is 0.0757 e. The highest BCUT2D eigenvalue weighted by molar-refractivity contribution is 9.10. The summed E-state index contributed by atoms with van der Waals surface area (Å²) in [5.41, 5.74) is 3.36. The highest BCUT2D eigenvalue weighted by atomic mass is 79.9. The normalized spacial score (nSPS) is 12.7. The number of hydrogen-bond donors (Lipinski definition) is 1. The molecule has 1 aromatic carbocycles. The van der Waals surface area contributed by atoms with Crippen LogP contribution >= 0.6 is 27.5 Å². The van der Waals surface area contributed by atoms with E-state index in [4.69, 9.17) is 11.6 Å². The molecule has 1 heterocycles. The maximum absolute atomic E-state index is 6.26. The highest BCUT2D eigenvalue weighted by Crippen LogP contribution is 2.30. The lowest BCUT2D eigenvalue weighted by Crippen LogP contribution is -2.22. The van der Waals surface area contributed by atoms with Crippen molar-refractivity contribution in [3.63, 3.8) is 0 Å². The van der Waals surface area contributed by atoms with Crippen LogP contribution in [0.25, 0.3) is 0 Å². The monoisotopic (exact) mass is 355 g/mol. The minimum Gasteiger partial charge on any atom is -0.308 e. The summed E-state index contributed by atoms with van der Waals surface area (Å²) < 4.78 is 3.06. The Morgan fingerprint density at radius 3 is 2.80 bits per heavy atom. The van der Waals surface area contributed by atoms with Crippen molar-refractivity contribution >= 4 is 27.5 Å². The zero-order chi connectivity index (χ0) is 14.7. The molecule has 1 aromatic heterocycles. The standard InChI is InChI=1S/C15H19BrClN3/c1-4-7-20-15(12(16)9-19-20)14(18-3)11-6-5-10(2)13(17)8-11/h5-6,8-9,14,18H,4,7H2,1-3H3. The third kappa shape index (κ3) is 3.08. The van der Waals surface area contributed by atoms with Crippen LogP contribution in [0.4, 0.5) is 0 Å². The molecular formula is C15H19BrClN3. The lowest BCUT2D eigenvalue weighted by molar-refractivity contribution is 0.533. The molecule has 0 radical (unpaired) electrons. The van der Waals surface area contributed by atoms with Crippen molar-refractivity contribution in [3.05, 3.63) is 50.7 Å². The second-order valence-corrected chi connectivity index (χ2v) is 6.09. The molecule has 2 rings (SSSR count). The maximum Gasteiger partial charge on any atom is 0.0757 e. The number of rotatable bonds is 5. The molecule has 0 aliphatic rings. The molecular weight excluding hydrogens is 338 g/mol. The molecule has 0 aliphatic heterocycles. The Hall–Kier alpha value is -0.840. The van der Waals surface area contributed by atoms with Crippen LogP contribution in [0.1, 0.15) is 36.2 Å². The van der Waals surface area contributed by atoms with Gasteiger partial charge in [-0.3, -0.25) is 4.68 Å². The van der Waals surface area contributed by atoms with Crippen molar-refractivity contribution in [3.8, 4) is 0 Å². The lowest BCUT2D eigenvalue weighted by Gasteiger charge is -2.20. The molecule has 1 atom stereocenters. The molecule has 3 nitrogen and oxygen atoms in total. The van der Waals surface area contributed by atoms with E-state index in [0.29, 0.717) is 0 Å². The molecule has 0 aliphatic carbocycles. The molecule has 0 amide bonds. The van der Waals surface area contributed by atoms with Gasteiger partial charge in [-0.1, -0.05) is 30.7 Å². The Bertz CT molecular complexity index is 595. The Balaban J connectivity index is 2.46. The molecule has 0 spiro atoms. The largest absolute Gasteiger partial charge is 0.308 e. The van der Waals surface area contributed by atoms with Crippen molar-refractivity contribution in [1.29, 1.82) is 0 Å². The van der Waals surface area contributed by atoms with Gasteiger partial charge in [0, 0.05) is 11.6 Å². The summed E-state index contributed by atoms with van der Waals surface area (Å²) in [4.78, 5) is 0. The van der Waals surface area contributed by atoms with E-state index in [-0.39, 0.29) is 6.04 Å². The van der Waals surface area contributed by atoms with E-state index in [1.165, 1.54) is 0 Å². The van der Waals surface area contributed by atoms with Crippen molar-refractivity contribution < 1.29 is 0 Å². The Morgan fingerprint density at radius 2 is 2.20 bits per heavy atom. The fourth-order valence-corrected chi connectivity index (χ4v) is 3.01. The summed E-state index contributed by atoms with van der Waals surface area (Å²) in [6.45, 7) is 5.06. The van der Waals surface area contributed by atoms with Crippen molar-refractivity contribution in [2.45, 2.75) is 32.9 Å². The zero-order valence-electron chi connectivity index (χ0n) is 12.0. The molecule has 0 saturated carbocycles. The van der Waals surface area contributed by atoms with Gasteiger partial charge in [-0.2, -0.15) is 5.10 Å². The highest BCUT2D eigenvalue weighted by Gasteiger charge is 2.20. The molecule has 5 heteroatoms. The summed E-state index contributed by atoms with van der Waals surface area (Å²) in [6.07, 6.45) is 2.90. The van der Waals surface area contributed by atoms with E-state index in [9.17, 15) is 0 Å². The van der Waals surface area contributed by atoms with Gasteiger partial charge in [0.2, 0.25) is 0 Å². The van der Waals surface area contributed by atoms with Crippen LogP contribution in [0, 0.1) is 6.92 Å². The molecule has 20 heavy (non-hydrogen) atoms. The van der Waals surface area contributed by atoms with Crippen molar-refractivity contribution in [2.75, 3.05) is 7.05 Å². The van der Waals surface area contributed by atoms with Gasteiger partial charge in [0.15, 0.2) is 0 Å². The van der Waals surface area contributed by atoms with Gasteiger partial charge in [0.25, 0.3) is 0 Å². The van der Waals surface area contributed by atoms with Crippen LogP contribution < -0.4 is 5.32 Å². The first-order valence-electron chi connectivity index (χ1n) is 6.73. The summed E-state index contributed by atoms with van der Waals surface area (Å²) in [5.74, 6) is 0. The average molecular weight is 357 g/mol. The minimum atomic E-state index is 0.0662. The summed E-state index contributed by atoms with van der Waals surface area (Å²) in [5, 5.41) is 8.59. The predicted octanol–water partition coefficient (Wildman–Crippen LogP) is 4.33. The van der Waals surface area contributed by atoms with Gasteiger partial charge < -0.3 is 5.32 Å². The molecule has 1 N–H and O–H groups in total. The van der Waals surface area contributed by atoms with Crippen LogP contribution in [0.5, 0.6) is 0 Å². The maximum atomic E-state index is 6.26. The van der Waals surface area contributed by atoms with E-state index in [2.05, 4.69) is 45.4 Å². The number of halogens is 2. The first kappa shape index (κ1) is 15.5. The van der Waals surface area contributed by atoms with Crippen LogP contribution in [-0.4, -0.2) is 16.8 Å². The van der Waals surface area contributed by atoms with Crippen LogP contribution in [-0.2, 0) is 6.54 Å². The number of nitrogens with zero attached hydrogens (tertiary/aromatic N) is 2. The van der Waals surface area contributed by atoms with Gasteiger partial charge in [0.1, 0.15) is 0 Å². The third-order valence-electron chi connectivity index (χ3n) is 3.36. The molecule has 0 fully saturated rings. The summed E-state index contributed by atoms with van der Waals surface area (Å²) >= 11 is 9.86. The van der Waals surface area contributed by atoms with E-state index in [0.717, 1.165) is 39.3 Å². The van der Waals surface area contributed by atoms with Gasteiger partial charge in [-0.05, 0) is 53.5 Å². The van der Waals surface area contributed by atoms with Gasteiger partial charge in [0.05, 0.1) is 22.4 Å². The SMILES string of the molecule is CCCn1ncc(Br)c1C(NC)c1ccc(C)c(Cl)c1. The molecule has 0 bridgehead atoms. The third-order valence-corrected chi connectivity index (χ3v) is 4.38. The first-order valence-corrected chi connectivity index (χ1v) is 7.90. The Morgan fingerprint density at radius 1 is 1.45 bits per heavy atom. The van der Waals surface area contributed by atoms with Gasteiger partial charge in [-0.15, -0.1) is 0 Å². The van der Waals surface area contributed by atoms with Crippen molar-refractivity contribution in [2.24, 2.45) is 0 Å². The van der Waals surface area contributed by atoms with E-state index >= 15 is 0 Å². The number of nitrogens with one attached hydrogen (secondary N) is 1. The van der Waals surface area contributed by atoms with Gasteiger partial charge >= 0.3 is 0 Å². The number of aromatic nitrogens is 2. The summed E-state index contributed by atoms with van der Waals surface area (Å²) in [6, 6.07) is 6.25. The van der Waals surface area contributed by atoms with E-state index in [1.54, 1.807) is 0 Å². The molecule has 2 aromatic rings. The second kappa shape index (κ2) is 6.74. The fraction of sp³-hybridized carbons (Fsp3) is 0.400. The van der Waals surface area contributed by atoms with E-state index in [1.807, 2.05) is 30.9 Å². The predicted molar refractivity (Wildman–Crippen MR) is 87.3 cm³/mol. The number of hydrogen-bond acceptors (Lipinski definition) is 2. The van der Waals surface area contributed by atoms with Crippen LogP contribution in [0.2, 0.25) is 5.02 Å². The molecule has 1 unspecified atom stereocenters. The Kier molecular flexibility index (Phi) is 5.24. The van der Waals surface area contributed by atoms with Crippen LogP contribution in [0.3, 0.4) is 0 Å². The number of benzene rings is 1. The van der Waals surface area contributed by atoms with Crippen LogP contribution in [0.15, 0.2) is 28.9 Å². The summed E-state index contributed by atoms with van der Waals surface area (Å²) in [7, 11) is 1.95. The number of aryl methyl sites for hydroxylation is 2.